The SMILES string of the molecule is CC(C)C(=O)c1nn(CC(C)(C)O)c2cc(OCC(C)(C)O)ccc12. The van der Waals surface area contributed by atoms with Crippen LogP contribution in [0.15, 0.2) is 18.2 Å². The smallest absolute Gasteiger partial charge is 0.186 e. The lowest BCUT2D eigenvalue weighted by molar-refractivity contribution is 0.0285. The van der Waals surface area contributed by atoms with Crippen LogP contribution in [0.1, 0.15) is 52.0 Å². The number of carbonyl (C=O) groups is 1. The second-order valence-corrected chi connectivity index (χ2v) is 8.12. The van der Waals surface area contributed by atoms with Crippen molar-refractivity contribution in [3.05, 3.63) is 23.9 Å². The average molecular weight is 348 g/mol. The Morgan fingerprint density at radius 3 is 2.36 bits per heavy atom. The van der Waals surface area contributed by atoms with Crippen LogP contribution in [0, 0.1) is 5.92 Å². The van der Waals surface area contributed by atoms with E-state index in [-0.39, 0.29) is 24.9 Å². The minimum Gasteiger partial charge on any atom is -0.491 e. The topological polar surface area (TPSA) is 84.6 Å². The van der Waals surface area contributed by atoms with Crippen molar-refractivity contribution in [1.82, 2.24) is 9.78 Å². The zero-order valence-electron chi connectivity index (χ0n) is 15.8. The number of benzene rings is 1. The number of nitrogens with zero attached hydrogens (tertiary/aromatic N) is 2. The number of fused-ring (bicyclic) bond motifs is 1. The predicted molar refractivity (Wildman–Crippen MR) is 97.0 cm³/mol. The van der Waals surface area contributed by atoms with E-state index in [0.29, 0.717) is 11.4 Å². The summed E-state index contributed by atoms with van der Waals surface area (Å²) in [6.45, 7) is 10.8. The summed E-state index contributed by atoms with van der Waals surface area (Å²) < 4.78 is 7.28. The average Bonchev–Trinajstić information content (AvgIpc) is 2.79. The molecule has 6 heteroatoms. The van der Waals surface area contributed by atoms with Crippen LogP contribution in [0.3, 0.4) is 0 Å². The van der Waals surface area contributed by atoms with Gasteiger partial charge in [0.1, 0.15) is 18.1 Å². The van der Waals surface area contributed by atoms with Gasteiger partial charge in [0.05, 0.1) is 23.3 Å². The van der Waals surface area contributed by atoms with Crippen molar-refractivity contribution in [2.24, 2.45) is 5.92 Å². The summed E-state index contributed by atoms with van der Waals surface area (Å²) in [7, 11) is 0. The van der Waals surface area contributed by atoms with Crippen LogP contribution in [-0.4, -0.2) is 43.6 Å². The molecule has 0 saturated carbocycles. The van der Waals surface area contributed by atoms with Gasteiger partial charge in [-0.2, -0.15) is 5.10 Å². The quantitative estimate of drug-likeness (QED) is 0.752. The molecule has 0 saturated heterocycles. The fraction of sp³-hybridized carbons (Fsp3) is 0.579. The van der Waals surface area contributed by atoms with Gasteiger partial charge in [0.25, 0.3) is 0 Å². The zero-order chi connectivity index (χ0) is 19.0. The highest BCUT2D eigenvalue weighted by molar-refractivity contribution is 6.07. The maximum absolute atomic E-state index is 12.5. The fourth-order valence-electron chi connectivity index (χ4n) is 2.45. The van der Waals surface area contributed by atoms with E-state index in [0.717, 1.165) is 10.9 Å². The van der Waals surface area contributed by atoms with Gasteiger partial charge in [0, 0.05) is 17.4 Å². The highest BCUT2D eigenvalue weighted by Crippen LogP contribution is 2.27. The van der Waals surface area contributed by atoms with Crippen molar-refractivity contribution in [3.8, 4) is 5.75 Å². The summed E-state index contributed by atoms with van der Waals surface area (Å²) in [5, 5.41) is 25.2. The van der Waals surface area contributed by atoms with E-state index in [2.05, 4.69) is 5.10 Å². The highest BCUT2D eigenvalue weighted by Gasteiger charge is 2.23. The molecule has 2 rings (SSSR count). The van der Waals surface area contributed by atoms with E-state index in [4.69, 9.17) is 4.74 Å². The first-order valence-electron chi connectivity index (χ1n) is 8.50. The maximum Gasteiger partial charge on any atom is 0.186 e. The standard InChI is InChI=1S/C19H28N2O4/c1-12(2)17(22)16-14-8-7-13(25-11-19(5,6)24)9-15(14)21(20-16)10-18(3,4)23/h7-9,12,23-24H,10-11H2,1-6H3. The summed E-state index contributed by atoms with van der Waals surface area (Å²) in [6, 6.07) is 5.36. The Hall–Kier alpha value is -1.92. The molecule has 0 aliphatic heterocycles. The molecular formula is C19H28N2O4. The van der Waals surface area contributed by atoms with Crippen LogP contribution in [-0.2, 0) is 6.54 Å². The number of aromatic nitrogens is 2. The zero-order valence-corrected chi connectivity index (χ0v) is 15.8. The predicted octanol–water partition coefficient (Wildman–Crippen LogP) is 2.80. The Morgan fingerprint density at radius 1 is 1.20 bits per heavy atom. The van der Waals surface area contributed by atoms with Crippen molar-refractivity contribution < 1.29 is 19.7 Å². The molecular weight excluding hydrogens is 320 g/mol. The molecule has 1 aromatic heterocycles. The van der Waals surface area contributed by atoms with E-state index in [9.17, 15) is 15.0 Å². The number of aliphatic hydroxyl groups is 2. The number of hydrogen-bond acceptors (Lipinski definition) is 5. The highest BCUT2D eigenvalue weighted by atomic mass is 16.5. The molecule has 1 aromatic carbocycles. The Bertz CT molecular complexity index is 764. The van der Waals surface area contributed by atoms with Crippen LogP contribution in [0.25, 0.3) is 10.9 Å². The van der Waals surface area contributed by atoms with E-state index < -0.39 is 11.2 Å². The van der Waals surface area contributed by atoms with Crippen LogP contribution in [0.2, 0.25) is 0 Å². The van der Waals surface area contributed by atoms with Gasteiger partial charge >= 0.3 is 0 Å². The first-order valence-corrected chi connectivity index (χ1v) is 8.50. The van der Waals surface area contributed by atoms with Gasteiger partial charge in [-0.25, -0.2) is 0 Å². The van der Waals surface area contributed by atoms with Crippen LogP contribution in [0.5, 0.6) is 5.75 Å². The van der Waals surface area contributed by atoms with Crippen molar-refractivity contribution in [2.45, 2.75) is 59.3 Å². The lowest BCUT2D eigenvalue weighted by Gasteiger charge is -2.19. The molecule has 0 aliphatic carbocycles. The third kappa shape index (κ3) is 5.03. The van der Waals surface area contributed by atoms with Crippen LogP contribution in [0.4, 0.5) is 0 Å². The number of hydrogen-bond donors (Lipinski definition) is 2. The summed E-state index contributed by atoms with van der Waals surface area (Å²) >= 11 is 0. The van der Waals surface area contributed by atoms with E-state index >= 15 is 0 Å². The van der Waals surface area contributed by atoms with Crippen molar-refractivity contribution >= 4 is 16.7 Å². The molecule has 0 spiro atoms. The monoisotopic (exact) mass is 348 g/mol. The second kappa shape index (κ2) is 6.77. The first-order chi connectivity index (χ1) is 11.4. The number of ether oxygens (including phenoxy) is 1. The van der Waals surface area contributed by atoms with Gasteiger partial charge in [-0.15, -0.1) is 0 Å². The van der Waals surface area contributed by atoms with Gasteiger partial charge in [0.2, 0.25) is 0 Å². The molecule has 0 bridgehead atoms. The van der Waals surface area contributed by atoms with Gasteiger partial charge < -0.3 is 14.9 Å². The molecule has 6 nitrogen and oxygen atoms in total. The summed E-state index contributed by atoms with van der Waals surface area (Å²) in [4.78, 5) is 12.5. The first kappa shape index (κ1) is 19.4. The minimum atomic E-state index is -0.971. The van der Waals surface area contributed by atoms with Crippen molar-refractivity contribution in [1.29, 1.82) is 0 Å². The largest absolute Gasteiger partial charge is 0.491 e. The molecule has 2 N–H and O–H groups in total. The van der Waals surface area contributed by atoms with E-state index in [1.54, 1.807) is 50.6 Å². The molecule has 0 fully saturated rings. The van der Waals surface area contributed by atoms with Gasteiger partial charge in [-0.3, -0.25) is 9.48 Å². The van der Waals surface area contributed by atoms with E-state index in [1.165, 1.54) is 0 Å². The number of carbonyl (C=O) groups excluding carboxylic acids is 1. The summed E-state index contributed by atoms with van der Waals surface area (Å²) in [6.07, 6.45) is 0. The van der Waals surface area contributed by atoms with E-state index in [1.807, 2.05) is 13.8 Å². The lowest BCUT2D eigenvalue weighted by Crippen LogP contribution is -2.28. The Labute approximate surface area is 148 Å². The molecule has 25 heavy (non-hydrogen) atoms. The Balaban J connectivity index is 2.50. The van der Waals surface area contributed by atoms with Gasteiger partial charge in [-0.1, -0.05) is 13.8 Å². The molecule has 0 amide bonds. The summed E-state index contributed by atoms with van der Waals surface area (Å²) in [5.41, 5.74) is -0.787. The normalized spacial score (nSPS) is 12.8. The molecule has 0 radical (unpaired) electrons. The maximum atomic E-state index is 12.5. The minimum absolute atomic E-state index is 0.0374. The Morgan fingerprint density at radius 2 is 1.84 bits per heavy atom. The van der Waals surface area contributed by atoms with Gasteiger partial charge in [-0.05, 0) is 39.8 Å². The number of Topliss-reactive ketones (excluding diaryl/α,β-unsaturated/α-hetero) is 1. The third-order valence-electron chi connectivity index (χ3n) is 3.61. The van der Waals surface area contributed by atoms with Crippen molar-refractivity contribution in [3.63, 3.8) is 0 Å². The third-order valence-corrected chi connectivity index (χ3v) is 3.61. The lowest BCUT2D eigenvalue weighted by atomic mass is 10.0. The van der Waals surface area contributed by atoms with Crippen LogP contribution < -0.4 is 4.74 Å². The molecule has 2 aromatic rings. The molecule has 0 unspecified atom stereocenters. The van der Waals surface area contributed by atoms with Gasteiger partial charge in [0.15, 0.2) is 5.78 Å². The molecule has 0 atom stereocenters. The molecule has 1 heterocycles. The Kier molecular flexibility index (Phi) is 5.25. The number of ketones is 1. The fourth-order valence-corrected chi connectivity index (χ4v) is 2.45. The second-order valence-electron chi connectivity index (χ2n) is 8.12. The molecule has 138 valence electrons. The molecule has 0 aliphatic rings. The summed E-state index contributed by atoms with van der Waals surface area (Å²) in [5.74, 6) is 0.375. The number of rotatable bonds is 7. The van der Waals surface area contributed by atoms with Crippen molar-refractivity contribution in [2.75, 3.05) is 6.61 Å². The van der Waals surface area contributed by atoms with Crippen LogP contribution >= 0.6 is 0 Å².